The highest BCUT2D eigenvalue weighted by atomic mass is 32.1. The molecule has 1 aromatic rings. The third-order valence-corrected chi connectivity index (χ3v) is 3.99. The van der Waals surface area contributed by atoms with Crippen LogP contribution in [-0.4, -0.2) is 20.3 Å². The molecule has 1 aliphatic rings. The van der Waals surface area contributed by atoms with Gasteiger partial charge in [0.15, 0.2) is 0 Å². The van der Waals surface area contributed by atoms with Gasteiger partial charge in [-0.05, 0) is 24.3 Å². The van der Waals surface area contributed by atoms with Gasteiger partial charge >= 0.3 is 0 Å². The van der Waals surface area contributed by atoms with Gasteiger partial charge in [-0.1, -0.05) is 0 Å². The van der Waals surface area contributed by atoms with Crippen molar-refractivity contribution in [2.24, 2.45) is 11.8 Å². The van der Waals surface area contributed by atoms with Crippen LogP contribution in [0.1, 0.15) is 23.8 Å². The summed E-state index contributed by atoms with van der Waals surface area (Å²) >= 11 is 1.68. The van der Waals surface area contributed by atoms with Crippen LogP contribution in [0.25, 0.3) is 0 Å². The Hall–Kier alpha value is -0.620. The lowest BCUT2D eigenvalue weighted by atomic mass is 9.93. The average molecular weight is 242 g/mol. The van der Waals surface area contributed by atoms with Gasteiger partial charge in [-0.25, -0.2) is 0 Å². The molecular formula is C11H18N2O2S. The third-order valence-electron chi connectivity index (χ3n) is 3.01. The summed E-state index contributed by atoms with van der Waals surface area (Å²) in [5.74, 6) is 7.02. The summed E-state index contributed by atoms with van der Waals surface area (Å²) in [5, 5.41) is 2.03. The molecule has 16 heavy (non-hydrogen) atoms. The van der Waals surface area contributed by atoms with Crippen LogP contribution in [0, 0.1) is 5.92 Å². The topological polar surface area (TPSA) is 56.5 Å². The van der Waals surface area contributed by atoms with Crippen molar-refractivity contribution in [1.29, 1.82) is 0 Å². The Bertz CT molecular complexity index is 324. The Morgan fingerprint density at radius 1 is 1.69 bits per heavy atom. The molecule has 2 heterocycles. The molecule has 0 aliphatic carbocycles. The van der Waals surface area contributed by atoms with Crippen molar-refractivity contribution in [3.8, 4) is 5.75 Å². The SMILES string of the molecule is COc1ccsc1C(NN)C1CCCOC1. The number of ether oxygens (including phenoxy) is 2. The monoisotopic (exact) mass is 242 g/mol. The van der Waals surface area contributed by atoms with Crippen LogP contribution in [0.5, 0.6) is 5.75 Å². The molecule has 2 unspecified atom stereocenters. The van der Waals surface area contributed by atoms with Gasteiger partial charge in [0, 0.05) is 12.5 Å². The zero-order valence-electron chi connectivity index (χ0n) is 9.44. The van der Waals surface area contributed by atoms with E-state index in [-0.39, 0.29) is 6.04 Å². The number of thiophene rings is 1. The fourth-order valence-corrected chi connectivity index (χ4v) is 3.17. The quantitative estimate of drug-likeness (QED) is 0.623. The zero-order chi connectivity index (χ0) is 11.4. The Morgan fingerprint density at radius 3 is 3.19 bits per heavy atom. The molecule has 1 saturated heterocycles. The van der Waals surface area contributed by atoms with Gasteiger partial charge in [0.25, 0.3) is 0 Å². The number of hydrazine groups is 1. The summed E-state index contributed by atoms with van der Waals surface area (Å²) in [6, 6.07) is 2.11. The molecule has 1 aliphatic heterocycles. The minimum Gasteiger partial charge on any atom is -0.496 e. The fourth-order valence-electron chi connectivity index (χ4n) is 2.16. The van der Waals surface area contributed by atoms with E-state index in [0.717, 1.165) is 31.8 Å². The van der Waals surface area contributed by atoms with E-state index in [1.165, 1.54) is 4.88 Å². The van der Waals surface area contributed by atoms with Crippen LogP contribution in [0.15, 0.2) is 11.4 Å². The van der Waals surface area contributed by atoms with E-state index in [1.807, 2.05) is 11.4 Å². The highest BCUT2D eigenvalue weighted by Crippen LogP contribution is 2.37. The second kappa shape index (κ2) is 5.63. The van der Waals surface area contributed by atoms with Crippen LogP contribution in [0.3, 0.4) is 0 Å². The first-order chi connectivity index (χ1) is 7.86. The number of hydrogen-bond acceptors (Lipinski definition) is 5. The van der Waals surface area contributed by atoms with Crippen molar-refractivity contribution in [1.82, 2.24) is 5.43 Å². The molecule has 4 nitrogen and oxygen atoms in total. The Kier molecular flexibility index (Phi) is 4.17. The van der Waals surface area contributed by atoms with E-state index in [0.29, 0.717) is 5.92 Å². The number of nitrogens with one attached hydrogen (secondary N) is 1. The fraction of sp³-hybridized carbons (Fsp3) is 0.636. The van der Waals surface area contributed by atoms with Gasteiger partial charge in [0.2, 0.25) is 0 Å². The summed E-state index contributed by atoms with van der Waals surface area (Å²) < 4.78 is 10.8. The first-order valence-corrected chi connectivity index (χ1v) is 6.40. The molecule has 0 bridgehead atoms. The van der Waals surface area contributed by atoms with Gasteiger partial charge in [-0.3, -0.25) is 11.3 Å². The highest BCUT2D eigenvalue weighted by Gasteiger charge is 2.27. The maximum absolute atomic E-state index is 5.66. The molecule has 0 amide bonds. The van der Waals surface area contributed by atoms with Crippen molar-refractivity contribution in [2.45, 2.75) is 18.9 Å². The second-order valence-corrected chi connectivity index (χ2v) is 4.92. The Balaban J connectivity index is 2.14. The summed E-state index contributed by atoms with van der Waals surface area (Å²) in [6.07, 6.45) is 2.26. The summed E-state index contributed by atoms with van der Waals surface area (Å²) in [5.41, 5.74) is 2.90. The second-order valence-electron chi connectivity index (χ2n) is 3.97. The number of nitrogens with two attached hydrogens (primary N) is 1. The van der Waals surface area contributed by atoms with Crippen molar-refractivity contribution >= 4 is 11.3 Å². The standard InChI is InChI=1S/C11H18N2O2S/c1-14-9-4-6-16-11(9)10(13-12)8-3-2-5-15-7-8/h4,6,8,10,13H,2-3,5,7,12H2,1H3. The molecule has 1 aromatic heterocycles. The molecule has 5 heteroatoms. The van der Waals surface area contributed by atoms with Crippen LogP contribution in [-0.2, 0) is 4.74 Å². The van der Waals surface area contributed by atoms with E-state index in [9.17, 15) is 0 Å². The molecule has 0 radical (unpaired) electrons. The lowest BCUT2D eigenvalue weighted by Crippen LogP contribution is -2.36. The van der Waals surface area contributed by atoms with Gasteiger partial charge < -0.3 is 9.47 Å². The van der Waals surface area contributed by atoms with Crippen molar-refractivity contribution in [2.75, 3.05) is 20.3 Å². The maximum Gasteiger partial charge on any atom is 0.134 e. The highest BCUT2D eigenvalue weighted by molar-refractivity contribution is 7.10. The molecule has 2 atom stereocenters. The van der Waals surface area contributed by atoms with E-state index in [4.69, 9.17) is 15.3 Å². The molecule has 2 rings (SSSR count). The molecular weight excluding hydrogens is 224 g/mol. The molecule has 1 fully saturated rings. The maximum atomic E-state index is 5.66. The van der Waals surface area contributed by atoms with Crippen molar-refractivity contribution in [3.05, 3.63) is 16.3 Å². The van der Waals surface area contributed by atoms with Crippen LogP contribution in [0.4, 0.5) is 0 Å². The van der Waals surface area contributed by atoms with E-state index in [2.05, 4.69) is 5.43 Å². The molecule has 3 N–H and O–H groups in total. The van der Waals surface area contributed by atoms with Crippen molar-refractivity contribution in [3.63, 3.8) is 0 Å². The number of rotatable bonds is 4. The number of methoxy groups -OCH3 is 1. The van der Waals surface area contributed by atoms with Gasteiger partial charge in [0.1, 0.15) is 5.75 Å². The summed E-state index contributed by atoms with van der Waals surface area (Å²) in [6.45, 7) is 1.64. The Morgan fingerprint density at radius 2 is 2.56 bits per heavy atom. The first-order valence-electron chi connectivity index (χ1n) is 5.52. The predicted molar refractivity (Wildman–Crippen MR) is 64.5 cm³/mol. The normalized spacial score (nSPS) is 23.0. The number of hydrogen-bond donors (Lipinski definition) is 2. The van der Waals surface area contributed by atoms with Crippen LogP contribution in [0.2, 0.25) is 0 Å². The third kappa shape index (κ3) is 2.38. The van der Waals surface area contributed by atoms with Crippen molar-refractivity contribution < 1.29 is 9.47 Å². The first kappa shape index (κ1) is 11.9. The lowest BCUT2D eigenvalue weighted by Gasteiger charge is -2.29. The van der Waals surface area contributed by atoms with E-state index < -0.39 is 0 Å². The van der Waals surface area contributed by atoms with Crippen LogP contribution >= 0.6 is 11.3 Å². The van der Waals surface area contributed by atoms with Gasteiger partial charge in [-0.15, -0.1) is 11.3 Å². The summed E-state index contributed by atoms with van der Waals surface area (Å²) in [7, 11) is 1.69. The lowest BCUT2D eigenvalue weighted by molar-refractivity contribution is 0.0392. The average Bonchev–Trinajstić information content (AvgIpc) is 2.80. The molecule has 0 spiro atoms. The summed E-state index contributed by atoms with van der Waals surface area (Å²) in [4.78, 5) is 1.17. The van der Waals surface area contributed by atoms with Gasteiger partial charge in [-0.2, -0.15) is 0 Å². The predicted octanol–water partition coefficient (Wildman–Crippen LogP) is 1.69. The molecule has 0 saturated carbocycles. The minimum absolute atomic E-state index is 0.134. The zero-order valence-corrected chi connectivity index (χ0v) is 10.3. The Labute approximate surface area is 99.7 Å². The van der Waals surface area contributed by atoms with Crippen LogP contribution < -0.4 is 16.0 Å². The smallest absolute Gasteiger partial charge is 0.134 e. The molecule has 0 aromatic carbocycles. The van der Waals surface area contributed by atoms with E-state index in [1.54, 1.807) is 18.4 Å². The van der Waals surface area contributed by atoms with E-state index >= 15 is 0 Å². The minimum atomic E-state index is 0.134. The largest absolute Gasteiger partial charge is 0.496 e. The molecule has 90 valence electrons. The van der Waals surface area contributed by atoms with Gasteiger partial charge in [0.05, 0.1) is 24.6 Å².